The number of hydrogen-bond donors (Lipinski definition) is 1. The van der Waals surface area contributed by atoms with E-state index >= 15 is 0 Å². The summed E-state index contributed by atoms with van der Waals surface area (Å²) in [6, 6.07) is 0.683. The maximum Gasteiger partial charge on any atom is 0.452 e. The third kappa shape index (κ3) is 3.52. The predicted molar refractivity (Wildman–Crippen MR) is 54.2 cm³/mol. The first-order chi connectivity index (χ1) is 8.84. The monoisotopic (exact) mass is 280 g/mol. The number of carbonyl (C=O) groups excluding carboxylic acids is 1. The van der Waals surface area contributed by atoms with Gasteiger partial charge in [0.2, 0.25) is 5.76 Å². The van der Waals surface area contributed by atoms with Crippen LogP contribution in [0.4, 0.5) is 18.0 Å². The van der Waals surface area contributed by atoms with Gasteiger partial charge < -0.3 is 19.7 Å². The Labute approximate surface area is 105 Å². The highest BCUT2D eigenvalue weighted by atomic mass is 19.4. The number of alkyl halides is 3. The lowest BCUT2D eigenvalue weighted by Crippen LogP contribution is -2.22. The van der Waals surface area contributed by atoms with Crippen molar-refractivity contribution in [2.75, 3.05) is 0 Å². The molecule has 2 N–H and O–H groups in total. The highest BCUT2D eigenvalue weighted by Crippen LogP contribution is 2.33. The van der Waals surface area contributed by atoms with Crippen LogP contribution in [0, 0.1) is 0 Å². The first kappa shape index (κ1) is 13.5. The molecule has 106 valence electrons. The summed E-state index contributed by atoms with van der Waals surface area (Å²) < 4.78 is 50.9. The quantitative estimate of drug-likeness (QED) is 0.915. The van der Waals surface area contributed by atoms with Gasteiger partial charge in [-0.15, -0.1) is 0 Å². The molecular weight excluding hydrogens is 269 g/mol. The molecule has 0 radical (unpaired) electrons. The summed E-state index contributed by atoms with van der Waals surface area (Å²) in [6.45, 7) is 0. The van der Waals surface area contributed by atoms with Crippen molar-refractivity contribution in [3.63, 3.8) is 0 Å². The maximum atomic E-state index is 12.3. The molecule has 1 saturated carbocycles. The van der Waals surface area contributed by atoms with Crippen molar-refractivity contribution in [3.05, 3.63) is 11.8 Å². The Bertz CT molecular complexity index is 460. The second-order valence-corrected chi connectivity index (χ2v) is 4.14. The summed E-state index contributed by atoms with van der Waals surface area (Å²) in [6.07, 6.45) is -4.80. The summed E-state index contributed by atoms with van der Waals surface area (Å²) in [7, 11) is 0. The lowest BCUT2D eigenvalue weighted by Gasteiger charge is -2.11. The number of nitrogens with zero attached hydrogens (tertiary/aromatic N) is 1. The zero-order valence-corrected chi connectivity index (χ0v) is 9.64. The van der Waals surface area contributed by atoms with Gasteiger partial charge in [0.15, 0.2) is 0 Å². The molecule has 1 fully saturated rings. The third-order valence-electron chi connectivity index (χ3n) is 2.67. The van der Waals surface area contributed by atoms with E-state index in [0.717, 1.165) is 0 Å². The molecule has 1 aromatic rings. The number of halogens is 3. The van der Waals surface area contributed by atoms with Gasteiger partial charge in [0.25, 0.3) is 5.88 Å². The van der Waals surface area contributed by atoms with Crippen LogP contribution in [0.2, 0.25) is 0 Å². The molecule has 9 heteroatoms. The molecule has 1 amide bonds. The van der Waals surface area contributed by atoms with Crippen molar-refractivity contribution >= 4 is 6.09 Å². The molecule has 19 heavy (non-hydrogen) atoms. The van der Waals surface area contributed by atoms with Crippen molar-refractivity contribution in [3.8, 4) is 5.88 Å². The molecule has 6 nitrogen and oxygen atoms in total. The zero-order valence-electron chi connectivity index (χ0n) is 9.64. The summed E-state index contributed by atoms with van der Waals surface area (Å²) in [5.74, 6) is -1.46. The lowest BCUT2D eigenvalue weighted by atomic mass is 10.3. The number of aromatic nitrogens is 1. The van der Waals surface area contributed by atoms with Gasteiger partial charge in [-0.3, -0.25) is 0 Å². The van der Waals surface area contributed by atoms with Crippen LogP contribution in [-0.2, 0) is 10.9 Å². The number of primary amides is 1. The second-order valence-electron chi connectivity index (χ2n) is 4.14. The van der Waals surface area contributed by atoms with Crippen molar-refractivity contribution in [2.24, 2.45) is 5.73 Å². The van der Waals surface area contributed by atoms with Crippen molar-refractivity contribution in [1.29, 1.82) is 0 Å². The van der Waals surface area contributed by atoms with E-state index in [0.29, 0.717) is 25.3 Å². The van der Waals surface area contributed by atoms with Crippen LogP contribution in [-0.4, -0.2) is 23.5 Å². The standard InChI is InChI=1S/C10H11F3N2O4/c11-10(12,13)7-4-8(15-19-7)17-5-1-2-6(3-5)18-9(14)16/h4-6H,1-3H2,(H2,14,16). The van der Waals surface area contributed by atoms with Crippen LogP contribution in [0.15, 0.2) is 10.6 Å². The molecule has 0 saturated heterocycles. The van der Waals surface area contributed by atoms with Gasteiger partial charge in [0, 0.05) is 6.42 Å². The Morgan fingerprint density at radius 1 is 1.42 bits per heavy atom. The van der Waals surface area contributed by atoms with Crippen LogP contribution in [0.25, 0.3) is 0 Å². The molecule has 1 aliphatic carbocycles. The Balaban J connectivity index is 1.89. The minimum atomic E-state index is -4.60. The largest absolute Gasteiger partial charge is 0.472 e. The fraction of sp³-hybridized carbons (Fsp3) is 0.600. The van der Waals surface area contributed by atoms with Crippen molar-refractivity contribution in [2.45, 2.75) is 37.6 Å². The molecule has 2 atom stereocenters. The molecule has 0 spiro atoms. The first-order valence-electron chi connectivity index (χ1n) is 5.51. The fourth-order valence-corrected chi connectivity index (χ4v) is 1.90. The molecule has 1 aromatic heterocycles. The van der Waals surface area contributed by atoms with Crippen LogP contribution in [0.5, 0.6) is 5.88 Å². The minimum absolute atomic E-state index is 0.239. The van der Waals surface area contributed by atoms with E-state index in [4.69, 9.17) is 15.2 Å². The number of nitrogens with two attached hydrogens (primary N) is 1. The van der Waals surface area contributed by atoms with Gasteiger partial charge in [-0.1, -0.05) is 0 Å². The van der Waals surface area contributed by atoms with Gasteiger partial charge in [-0.25, -0.2) is 4.79 Å². The van der Waals surface area contributed by atoms with Crippen LogP contribution in [0.1, 0.15) is 25.0 Å². The maximum absolute atomic E-state index is 12.3. The number of ether oxygens (including phenoxy) is 2. The Hall–Kier alpha value is -1.93. The van der Waals surface area contributed by atoms with Gasteiger partial charge in [0.1, 0.15) is 12.2 Å². The predicted octanol–water partition coefficient (Wildman–Crippen LogP) is 2.09. The summed E-state index contributed by atoms with van der Waals surface area (Å²) in [5.41, 5.74) is 4.87. The first-order valence-corrected chi connectivity index (χ1v) is 5.51. The SMILES string of the molecule is NC(=O)OC1CCC(Oc2cc(C(F)(F)F)on2)C1. The molecule has 1 aliphatic rings. The average Bonchev–Trinajstić information content (AvgIpc) is 2.86. The van der Waals surface area contributed by atoms with Crippen LogP contribution < -0.4 is 10.5 Å². The van der Waals surface area contributed by atoms with E-state index in [9.17, 15) is 18.0 Å². The number of hydrogen-bond acceptors (Lipinski definition) is 5. The molecule has 1 heterocycles. The lowest BCUT2D eigenvalue weighted by molar-refractivity contribution is -0.155. The Kier molecular flexibility index (Phi) is 3.54. The summed E-state index contributed by atoms with van der Waals surface area (Å²) in [4.78, 5) is 10.5. The number of amides is 1. The van der Waals surface area contributed by atoms with Crippen LogP contribution in [0.3, 0.4) is 0 Å². The smallest absolute Gasteiger partial charge is 0.452 e. The average molecular weight is 280 g/mol. The zero-order chi connectivity index (χ0) is 14.0. The Morgan fingerprint density at radius 2 is 2.11 bits per heavy atom. The summed E-state index contributed by atoms with van der Waals surface area (Å²) >= 11 is 0. The van der Waals surface area contributed by atoms with Gasteiger partial charge >= 0.3 is 12.3 Å². The van der Waals surface area contributed by atoms with Crippen molar-refractivity contribution in [1.82, 2.24) is 5.16 Å². The van der Waals surface area contributed by atoms with E-state index in [1.807, 2.05) is 0 Å². The Morgan fingerprint density at radius 3 is 2.68 bits per heavy atom. The second kappa shape index (κ2) is 4.98. The fourth-order valence-electron chi connectivity index (χ4n) is 1.90. The van der Waals surface area contributed by atoms with E-state index in [2.05, 4.69) is 9.68 Å². The highest BCUT2D eigenvalue weighted by molar-refractivity contribution is 5.64. The molecule has 2 rings (SSSR count). The molecule has 0 aromatic carbocycles. The number of carbonyl (C=O) groups is 1. The highest BCUT2D eigenvalue weighted by Gasteiger charge is 2.37. The van der Waals surface area contributed by atoms with Gasteiger partial charge in [-0.05, 0) is 18.0 Å². The van der Waals surface area contributed by atoms with E-state index in [1.54, 1.807) is 0 Å². The molecule has 0 bridgehead atoms. The number of rotatable bonds is 3. The molecular formula is C10H11F3N2O4. The third-order valence-corrected chi connectivity index (χ3v) is 2.67. The summed E-state index contributed by atoms with van der Waals surface area (Å²) in [5, 5.41) is 3.18. The van der Waals surface area contributed by atoms with Crippen LogP contribution >= 0.6 is 0 Å². The topological polar surface area (TPSA) is 87.6 Å². The van der Waals surface area contributed by atoms with Gasteiger partial charge in [-0.2, -0.15) is 13.2 Å². The van der Waals surface area contributed by atoms with Gasteiger partial charge in [0.05, 0.1) is 6.07 Å². The minimum Gasteiger partial charge on any atom is -0.472 e. The van der Waals surface area contributed by atoms with Crippen molar-refractivity contribution < 1.29 is 32.0 Å². The molecule has 2 unspecified atom stereocenters. The van der Waals surface area contributed by atoms with E-state index in [-0.39, 0.29) is 18.1 Å². The molecule has 0 aliphatic heterocycles. The normalized spacial score (nSPS) is 23.3. The van der Waals surface area contributed by atoms with E-state index in [1.165, 1.54) is 0 Å². The van der Waals surface area contributed by atoms with E-state index < -0.39 is 18.0 Å².